The van der Waals surface area contributed by atoms with Gasteiger partial charge in [-0.3, -0.25) is 14.4 Å². The van der Waals surface area contributed by atoms with Gasteiger partial charge >= 0.3 is 0 Å². The van der Waals surface area contributed by atoms with E-state index >= 15 is 0 Å². The molecule has 2 heterocycles. The summed E-state index contributed by atoms with van der Waals surface area (Å²) in [6.45, 7) is 3.91. The molecule has 3 rings (SSSR count). The van der Waals surface area contributed by atoms with E-state index in [4.69, 9.17) is 12.2 Å². The minimum Gasteiger partial charge on any atom is -0.327 e. The zero-order valence-corrected chi connectivity index (χ0v) is 13.4. The quantitative estimate of drug-likeness (QED) is 0.683. The topological polar surface area (TPSA) is 50.2 Å². The minimum absolute atomic E-state index is 0.150. The highest BCUT2D eigenvalue weighted by molar-refractivity contribution is 7.80. The Hall–Kier alpha value is -2.47. The van der Waals surface area contributed by atoms with E-state index in [1.54, 1.807) is 17.0 Å². The molecule has 0 atom stereocenters. The van der Waals surface area contributed by atoms with Gasteiger partial charge < -0.3 is 5.32 Å². The van der Waals surface area contributed by atoms with Gasteiger partial charge in [0.15, 0.2) is 5.11 Å². The molecule has 1 aliphatic heterocycles. The minimum atomic E-state index is -0.150. The molecule has 6 heteroatoms. The zero-order valence-electron chi connectivity index (χ0n) is 12.6. The van der Waals surface area contributed by atoms with Crippen LogP contribution in [-0.4, -0.2) is 20.8 Å². The third kappa shape index (κ3) is 2.31. The molecule has 1 aromatic heterocycles. The summed E-state index contributed by atoms with van der Waals surface area (Å²) < 4.78 is 1.77. The number of hydrogen-bond donors (Lipinski definition) is 1. The van der Waals surface area contributed by atoms with Gasteiger partial charge in [0.05, 0.1) is 11.9 Å². The van der Waals surface area contributed by atoms with Crippen molar-refractivity contribution < 1.29 is 4.79 Å². The van der Waals surface area contributed by atoms with Crippen molar-refractivity contribution in [3.05, 3.63) is 53.0 Å². The summed E-state index contributed by atoms with van der Waals surface area (Å²) in [6, 6.07) is 7.68. The highest BCUT2D eigenvalue weighted by Gasteiger charge is 2.32. The number of para-hydroxylation sites is 1. The number of carbonyl (C=O) groups excluding carboxylic acids is 1. The third-order valence-electron chi connectivity index (χ3n) is 3.81. The Morgan fingerprint density at radius 1 is 1.27 bits per heavy atom. The van der Waals surface area contributed by atoms with E-state index in [0.717, 1.165) is 22.5 Å². The largest absolute Gasteiger partial charge is 0.327 e. The fourth-order valence-electron chi connectivity index (χ4n) is 2.38. The molecule has 1 amide bonds. The van der Waals surface area contributed by atoms with Crippen LogP contribution in [0.5, 0.6) is 0 Å². The zero-order chi connectivity index (χ0) is 15.9. The number of rotatable bonds is 2. The van der Waals surface area contributed by atoms with Crippen molar-refractivity contribution in [1.29, 1.82) is 0 Å². The van der Waals surface area contributed by atoms with Crippen LogP contribution >= 0.6 is 12.2 Å². The summed E-state index contributed by atoms with van der Waals surface area (Å²) in [7, 11) is 1.87. The smallest absolute Gasteiger partial charge is 0.281 e. The van der Waals surface area contributed by atoms with Gasteiger partial charge in [-0.05, 0) is 43.8 Å². The number of thiocarbonyl (C=S) groups is 1. The second-order valence-electron chi connectivity index (χ2n) is 5.22. The molecule has 0 bridgehead atoms. The Morgan fingerprint density at radius 3 is 2.64 bits per heavy atom. The number of hydrogen-bond acceptors (Lipinski definition) is 3. The van der Waals surface area contributed by atoms with E-state index < -0.39 is 0 Å². The first kappa shape index (κ1) is 14.5. The molecule has 1 aliphatic rings. The number of nitrogens with one attached hydrogen (secondary N) is 1. The number of amides is 1. The van der Waals surface area contributed by atoms with Gasteiger partial charge in [0.25, 0.3) is 5.91 Å². The number of benzene rings is 1. The highest BCUT2D eigenvalue weighted by Crippen LogP contribution is 2.25. The summed E-state index contributed by atoms with van der Waals surface area (Å²) in [4.78, 5) is 14.2. The van der Waals surface area contributed by atoms with Gasteiger partial charge in [-0.25, -0.2) is 0 Å². The van der Waals surface area contributed by atoms with Crippen molar-refractivity contribution in [2.75, 3.05) is 4.90 Å². The lowest BCUT2D eigenvalue weighted by Gasteiger charge is -2.16. The molecule has 1 fully saturated rings. The van der Waals surface area contributed by atoms with E-state index in [1.807, 2.05) is 45.2 Å². The standard InChI is InChI=1S/C16H16N4OS/c1-10-6-4-5-7-14(10)20-15(21)13(18-16(20)22)8-12-9-17-19(3)11(12)2/h4-9H,1-3H3,(H,18,22)/b13-8+. The second kappa shape index (κ2) is 5.38. The van der Waals surface area contributed by atoms with E-state index in [1.165, 1.54) is 4.90 Å². The number of nitrogens with zero attached hydrogens (tertiary/aromatic N) is 3. The molecule has 0 radical (unpaired) electrons. The van der Waals surface area contributed by atoms with Crippen molar-refractivity contribution in [3.63, 3.8) is 0 Å². The maximum Gasteiger partial charge on any atom is 0.281 e. The first-order valence-corrected chi connectivity index (χ1v) is 7.31. The molecule has 1 N–H and O–H groups in total. The van der Waals surface area contributed by atoms with E-state index in [2.05, 4.69) is 10.4 Å². The van der Waals surface area contributed by atoms with Gasteiger partial charge in [0.2, 0.25) is 0 Å². The lowest BCUT2D eigenvalue weighted by Crippen LogP contribution is -2.30. The van der Waals surface area contributed by atoms with Crippen LogP contribution in [0.15, 0.2) is 36.2 Å². The van der Waals surface area contributed by atoms with Crippen molar-refractivity contribution in [2.24, 2.45) is 7.05 Å². The number of anilines is 1. The van der Waals surface area contributed by atoms with Gasteiger partial charge in [0, 0.05) is 18.3 Å². The molecule has 112 valence electrons. The number of aryl methyl sites for hydroxylation is 2. The molecule has 0 unspecified atom stereocenters. The van der Waals surface area contributed by atoms with Gasteiger partial charge in [-0.1, -0.05) is 18.2 Å². The third-order valence-corrected chi connectivity index (χ3v) is 4.09. The van der Waals surface area contributed by atoms with Crippen LogP contribution < -0.4 is 10.2 Å². The van der Waals surface area contributed by atoms with Crippen LogP contribution in [0.2, 0.25) is 0 Å². The summed E-state index contributed by atoms with van der Waals surface area (Å²) in [5.41, 5.74) is 4.15. The van der Waals surface area contributed by atoms with Crippen molar-refractivity contribution in [1.82, 2.24) is 15.1 Å². The molecule has 5 nitrogen and oxygen atoms in total. The van der Waals surface area contributed by atoms with Gasteiger partial charge in [-0.2, -0.15) is 5.10 Å². The number of carbonyl (C=O) groups is 1. The molecule has 0 spiro atoms. The Balaban J connectivity index is 1.99. The summed E-state index contributed by atoms with van der Waals surface area (Å²) >= 11 is 5.32. The lowest BCUT2D eigenvalue weighted by atomic mass is 10.2. The molecule has 1 aromatic carbocycles. The average molecular weight is 312 g/mol. The SMILES string of the molecule is Cc1ccccc1N1C(=O)/C(=C\c2cnn(C)c2C)NC1=S. The first-order valence-electron chi connectivity index (χ1n) is 6.90. The Bertz CT molecular complexity index is 806. The fraction of sp³-hybridized carbons (Fsp3) is 0.188. The van der Waals surface area contributed by atoms with Crippen LogP contribution in [0.3, 0.4) is 0 Å². The maximum atomic E-state index is 12.7. The normalized spacial score (nSPS) is 16.5. The van der Waals surface area contributed by atoms with Crippen molar-refractivity contribution >= 4 is 35.0 Å². The molecule has 0 aliphatic carbocycles. The van der Waals surface area contributed by atoms with E-state index in [0.29, 0.717) is 10.8 Å². The van der Waals surface area contributed by atoms with Crippen LogP contribution in [0.25, 0.3) is 6.08 Å². The van der Waals surface area contributed by atoms with Gasteiger partial charge in [0.1, 0.15) is 5.70 Å². The molecule has 22 heavy (non-hydrogen) atoms. The highest BCUT2D eigenvalue weighted by atomic mass is 32.1. The van der Waals surface area contributed by atoms with E-state index in [-0.39, 0.29) is 5.91 Å². The molecular weight excluding hydrogens is 296 g/mol. The Labute approximate surface area is 134 Å². The van der Waals surface area contributed by atoms with Crippen LogP contribution in [0, 0.1) is 13.8 Å². The van der Waals surface area contributed by atoms with Crippen molar-refractivity contribution in [3.8, 4) is 0 Å². The second-order valence-corrected chi connectivity index (χ2v) is 5.61. The Kier molecular flexibility index (Phi) is 3.54. The summed E-state index contributed by atoms with van der Waals surface area (Å²) in [5, 5.41) is 7.57. The molecule has 0 saturated carbocycles. The number of aromatic nitrogens is 2. The monoisotopic (exact) mass is 312 g/mol. The molecular formula is C16H16N4OS. The van der Waals surface area contributed by atoms with Crippen LogP contribution in [0.1, 0.15) is 16.8 Å². The predicted molar refractivity (Wildman–Crippen MR) is 90.3 cm³/mol. The summed E-state index contributed by atoms with van der Waals surface area (Å²) in [5.74, 6) is -0.150. The average Bonchev–Trinajstić information content (AvgIpc) is 2.94. The molecule has 2 aromatic rings. The fourth-order valence-corrected chi connectivity index (χ4v) is 2.67. The van der Waals surface area contributed by atoms with Crippen LogP contribution in [-0.2, 0) is 11.8 Å². The lowest BCUT2D eigenvalue weighted by molar-refractivity contribution is -0.113. The first-order chi connectivity index (χ1) is 10.5. The van der Waals surface area contributed by atoms with E-state index in [9.17, 15) is 4.79 Å². The van der Waals surface area contributed by atoms with Crippen molar-refractivity contribution in [2.45, 2.75) is 13.8 Å². The predicted octanol–water partition coefficient (Wildman–Crippen LogP) is 2.30. The Morgan fingerprint density at radius 2 is 2.00 bits per heavy atom. The van der Waals surface area contributed by atoms with Gasteiger partial charge in [-0.15, -0.1) is 0 Å². The maximum absolute atomic E-state index is 12.7. The van der Waals surface area contributed by atoms with Crippen LogP contribution in [0.4, 0.5) is 5.69 Å². The molecule has 1 saturated heterocycles. The summed E-state index contributed by atoms with van der Waals surface area (Å²) in [6.07, 6.45) is 3.52.